The van der Waals surface area contributed by atoms with Crippen LogP contribution in [0.1, 0.15) is 5.56 Å². The lowest BCUT2D eigenvalue weighted by atomic mass is 10.2. The third kappa shape index (κ3) is 4.60. The molecule has 130 valence electrons. The number of benzene rings is 1. The fraction of sp³-hybridized carbons (Fsp3) is 0.278. The van der Waals surface area contributed by atoms with Gasteiger partial charge in [-0.2, -0.15) is 0 Å². The Kier molecular flexibility index (Phi) is 5.35. The molecule has 3 rings (SSSR count). The maximum Gasteiger partial charge on any atom is 0.213 e. The molecule has 1 N–H and O–H groups in total. The molecule has 7 heteroatoms. The predicted octanol–water partition coefficient (Wildman–Crippen LogP) is 2.72. The first-order valence-electron chi connectivity index (χ1n) is 7.98. The summed E-state index contributed by atoms with van der Waals surface area (Å²) in [6, 6.07) is 8.24. The van der Waals surface area contributed by atoms with Gasteiger partial charge < -0.3 is 15.0 Å². The highest BCUT2D eigenvalue weighted by molar-refractivity contribution is 5.88. The molecule has 3 aromatic rings. The van der Waals surface area contributed by atoms with Crippen LogP contribution < -0.4 is 10.1 Å². The number of rotatable bonds is 7. The van der Waals surface area contributed by atoms with Gasteiger partial charge in [0.2, 0.25) is 5.88 Å². The van der Waals surface area contributed by atoms with Crippen molar-refractivity contribution in [3.63, 3.8) is 0 Å². The van der Waals surface area contributed by atoms with Crippen LogP contribution in [0.2, 0.25) is 0 Å². The fourth-order valence-corrected chi connectivity index (χ4v) is 2.33. The van der Waals surface area contributed by atoms with Crippen LogP contribution in [-0.4, -0.2) is 47.1 Å². The van der Waals surface area contributed by atoms with Crippen LogP contribution in [0.5, 0.6) is 5.88 Å². The zero-order chi connectivity index (χ0) is 17.6. The summed E-state index contributed by atoms with van der Waals surface area (Å²) in [4.78, 5) is 14.6. The quantitative estimate of drug-likeness (QED) is 0.713. The van der Waals surface area contributed by atoms with E-state index in [1.807, 2.05) is 31.1 Å². The molecule has 2 heterocycles. The number of likely N-dealkylation sites (N-methyl/N-ethyl adjacent to an activating group) is 1. The van der Waals surface area contributed by atoms with Crippen LogP contribution >= 0.6 is 0 Å². The Labute approximate surface area is 145 Å². The second-order valence-electron chi connectivity index (χ2n) is 5.89. The number of fused-ring (bicyclic) bond motifs is 1. The number of hydrogen-bond acceptors (Lipinski definition) is 6. The van der Waals surface area contributed by atoms with Crippen LogP contribution in [-0.2, 0) is 6.54 Å². The minimum Gasteiger partial charge on any atom is -0.476 e. The third-order valence-electron chi connectivity index (χ3n) is 3.65. The number of aromatic nitrogens is 3. The van der Waals surface area contributed by atoms with Crippen molar-refractivity contribution in [3.05, 3.63) is 54.2 Å². The number of halogens is 1. The highest BCUT2D eigenvalue weighted by atomic mass is 19.1. The van der Waals surface area contributed by atoms with Crippen molar-refractivity contribution >= 4 is 16.7 Å². The molecule has 0 aliphatic heterocycles. The Balaban J connectivity index is 1.69. The largest absolute Gasteiger partial charge is 0.476 e. The van der Waals surface area contributed by atoms with E-state index in [1.54, 1.807) is 12.3 Å². The number of anilines is 1. The highest BCUT2D eigenvalue weighted by Crippen LogP contribution is 2.21. The van der Waals surface area contributed by atoms with Gasteiger partial charge in [-0.25, -0.2) is 19.3 Å². The fourth-order valence-electron chi connectivity index (χ4n) is 2.33. The maximum atomic E-state index is 13.5. The highest BCUT2D eigenvalue weighted by Gasteiger charge is 2.06. The zero-order valence-corrected chi connectivity index (χ0v) is 14.2. The van der Waals surface area contributed by atoms with Crippen LogP contribution in [0.3, 0.4) is 0 Å². The van der Waals surface area contributed by atoms with Gasteiger partial charge in [0.1, 0.15) is 24.6 Å². The van der Waals surface area contributed by atoms with Gasteiger partial charge in [-0.05, 0) is 43.9 Å². The van der Waals surface area contributed by atoms with E-state index >= 15 is 0 Å². The van der Waals surface area contributed by atoms with E-state index in [4.69, 9.17) is 4.74 Å². The molecule has 0 atom stereocenters. The van der Waals surface area contributed by atoms with Crippen molar-refractivity contribution in [2.75, 3.05) is 32.6 Å². The smallest absolute Gasteiger partial charge is 0.213 e. The van der Waals surface area contributed by atoms with Gasteiger partial charge in [-0.1, -0.05) is 0 Å². The van der Waals surface area contributed by atoms with E-state index in [1.165, 1.54) is 18.5 Å². The molecule has 0 aliphatic carbocycles. The summed E-state index contributed by atoms with van der Waals surface area (Å²) in [5, 5.41) is 3.88. The Bertz CT molecular complexity index is 856. The molecule has 0 aliphatic rings. The number of ether oxygens (including phenoxy) is 1. The Morgan fingerprint density at radius 2 is 2.00 bits per heavy atom. The Morgan fingerprint density at radius 3 is 2.84 bits per heavy atom. The molecule has 0 radical (unpaired) electrons. The molecule has 0 saturated carbocycles. The average molecular weight is 341 g/mol. The van der Waals surface area contributed by atoms with Crippen LogP contribution in [0, 0.1) is 5.82 Å². The molecule has 0 bridgehead atoms. The van der Waals surface area contributed by atoms with E-state index in [0.29, 0.717) is 35.8 Å². The molecule has 2 aromatic heterocycles. The number of pyridine rings is 1. The second kappa shape index (κ2) is 7.85. The SMILES string of the molecule is CN(C)CCOc1cc(CNc2ncnc3ccc(F)cc23)ccn1. The minimum atomic E-state index is -0.314. The van der Waals surface area contributed by atoms with E-state index in [-0.39, 0.29) is 5.82 Å². The third-order valence-corrected chi connectivity index (χ3v) is 3.65. The number of nitrogens with zero attached hydrogens (tertiary/aromatic N) is 4. The predicted molar refractivity (Wildman–Crippen MR) is 95.1 cm³/mol. The van der Waals surface area contributed by atoms with Crippen molar-refractivity contribution in [2.24, 2.45) is 0 Å². The average Bonchev–Trinajstić information content (AvgIpc) is 2.60. The van der Waals surface area contributed by atoms with Crippen LogP contribution in [0.15, 0.2) is 42.9 Å². The molecule has 0 saturated heterocycles. The first-order valence-corrected chi connectivity index (χ1v) is 7.98. The van der Waals surface area contributed by atoms with Gasteiger partial charge in [0.05, 0.1) is 5.52 Å². The summed E-state index contributed by atoms with van der Waals surface area (Å²) < 4.78 is 19.1. The van der Waals surface area contributed by atoms with E-state index in [0.717, 1.165) is 12.1 Å². The van der Waals surface area contributed by atoms with Gasteiger partial charge in [-0.15, -0.1) is 0 Å². The molecular weight excluding hydrogens is 321 g/mol. The summed E-state index contributed by atoms with van der Waals surface area (Å²) in [6.45, 7) is 1.92. The van der Waals surface area contributed by atoms with Gasteiger partial charge in [0.25, 0.3) is 0 Å². The van der Waals surface area contributed by atoms with Gasteiger partial charge >= 0.3 is 0 Å². The lowest BCUT2D eigenvalue weighted by Gasteiger charge is -2.12. The summed E-state index contributed by atoms with van der Waals surface area (Å²) in [6.07, 6.45) is 3.17. The van der Waals surface area contributed by atoms with Gasteiger partial charge in [0.15, 0.2) is 0 Å². The van der Waals surface area contributed by atoms with Crippen molar-refractivity contribution in [1.29, 1.82) is 0 Å². The molecule has 0 unspecified atom stereocenters. The molecule has 0 amide bonds. The summed E-state index contributed by atoms with van der Waals surface area (Å²) >= 11 is 0. The summed E-state index contributed by atoms with van der Waals surface area (Å²) in [5.41, 5.74) is 1.69. The molecule has 0 fully saturated rings. The number of hydrogen-bond donors (Lipinski definition) is 1. The van der Waals surface area contributed by atoms with E-state index in [9.17, 15) is 4.39 Å². The molecular formula is C18H20FN5O. The molecule has 6 nitrogen and oxygen atoms in total. The van der Waals surface area contributed by atoms with Crippen molar-refractivity contribution in [3.8, 4) is 5.88 Å². The Morgan fingerprint density at radius 1 is 1.12 bits per heavy atom. The topological polar surface area (TPSA) is 63.2 Å². The van der Waals surface area contributed by atoms with E-state index in [2.05, 4.69) is 20.3 Å². The second-order valence-corrected chi connectivity index (χ2v) is 5.89. The first-order chi connectivity index (χ1) is 12.1. The lowest BCUT2D eigenvalue weighted by molar-refractivity contribution is 0.253. The normalized spacial score (nSPS) is 11.0. The minimum absolute atomic E-state index is 0.314. The van der Waals surface area contributed by atoms with Crippen molar-refractivity contribution < 1.29 is 9.13 Å². The van der Waals surface area contributed by atoms with Crippen LogP contribution in [0.25, 0.3) is 10.9 Å². The monoisotopic (exact) mass is 341 g/mol. The van der Waals surface area contributed by atoms with Crippen molar-refractivity contribution in [1.82, 2.24) is 19.9 Å². The maximum absolute atomic E-state index is 13.5. The molecule has 25 heavy (non-hydrogen) atoms. The first kappa shape index (κ1) is 17.0. The van der Waals surface area contributed by atoms with E-state index < -0.39 is 0 Å². The lowest BCUT2D eigenvalue weighted by Crippen LogP contribution is -2.19. The zero-order valence-electron chi connectivity index (χ0n) is 14.2. The summed E-state index contributed by atoms with van der Waals surface area (Å²) in [7, 11) is 3.98. The Hall–Kier alpha value is -2.80. The van der Waals surface area contributed by atoms with Gasteiger partial charge in [0, 0.05) is 30.7 Å². The number of nitrogens with one attached hydrogen (secondary N) is 1. The molecule has 0 spiro atoms. The van der Waals surface area contributed by atoms with Crippen molar-refractivity contribution in [2.45, 2.75) is 6.54 Å². The summed E-state index contributed by atoms with van der Waals surface area (Å²) in [5.74, 6) is 0.863. The molecule has 1 aromatic carbocycles. The van der Waals surface area contributed by atoms with Crippen LogP contribution in [0.4, 0.5) is 10.2 Å². The standard InChI is InChI=1S/C18H20FN5O/c1-24(2)7-8-25-17-9-13(5-6-20-17)11-21-18-15-10-14(19)3-4-16(15)22-12-23-18/h3-6,9-10,12H,7-8,11H2,1-2H3,(H,21,22,23). The van der Waals surface area contributed by atoms with Gasteiger partial charge in [-0.3, -0.25) is 0 Å².